The zero-order valence-electron chi connectivity index (χ0n) is 12.0. The summed E-state index contributed by atoms with van der Waals surface area (Å²) in [4.78, 5) is 27.9. The Labute approximate surface area is 126 Å². The number of amides is 1. The van der Waals surface area contributed by atoms with Crippen molar-refractivity contribution in [3.8, 4) is 0 Å². The lowest BCUT2D eigenvalue weighted by molar-refractivity contribution is -0.117. The summed E-state index contributed by atoms with van der Waals surface area (Å²) in [6, 6.07) is 5.28. The number of hydrogen-bond acceptors (Lipinski definition) is 4. The summed E-state index contributed by atoms with van der Waals surface area (Å²) in [5.41, 5.74) is 1.39. The SMILES string of the molecule is C=CCn1c(=NC(=O)CC)sc2cc(C(=O)OC)ccc21. The van der Waals surface area contributed by atoms with Gasteiger partial charge in [-0.15, -0.1) is 6.58 Å². The van der Waals surface area contributed by atoms with Crippen LogP contribution in [-0.4, -0.2) is 23.6 Å². The molecule has 0 aliphatic rings. The summed E-state index contributed by atoms with van der Waals surface area (Å²) in [5, 5.41) is 0. The molecule has 0 spiro atoms. The Morgan fingerprint density at radius 1 is 1.48 bits per heavy atom. The van der Waals surface area contributed by atoms with Crippen LogP contribution in [0.3, 0.4) is 0 Å². The molecule has 0 saturated carbocycles. The van der Waals surface area contributed by atoms with Gasteiger partial charge in [0.2, 0.25) is 5.91 Å². The first-order chi connectivity index (χ1) is 10.1. The smallest absolute Gasteiger partial charge is 0.337 e. The van der Waals surface area contributed by atoms with Crippen molar-refractivity contribution in [2.24, 2.45) is 4.99 Å². The number of carbonyl (C=O) groups excluding carboxylic acids is 2. The second-order valence-corrected chi connectivity index (χ2v) is 5.33. The van der Waals surface area contributed by atoms with E-state index in [1.807, 2.05) is 10.6 Å². The molecule has 110 valence electrons. The minimum Gasteiger partial charge on any atom is -0.465 e. The highest BCUT2D eigenvalue weighted by atomic mass is 32.1. The van der Waals surface area contributed by atoms with Crippen LogP contribution in [0, 0.1) is 0 Å². The molecule has 0 fully saturated rings. The van der Waals surface area contributed by atoms with Gasteiger partial charge in [0, 0.05) is 13.0 Å². The van der Waals surface area contributed by atoms with Gasteiger partial charge in [0.1, 0.15) is 0 Å². The standard InChI is InChI=1S/C15H16N2O3S/c1-4-8-17-11-7-6-10(14(19)20-3)9-12(11)21-15(17)16-13(18)5-2/h4,6-7,9H,1,5,8H2,2-3H3. The van der Waals surface area contributed by atoms with Gasteiger partial charge in [-0.1, -0.05) is 24.3 Å². The average molecular weight is 304 g/mol. The first kappa shape index (κ1) is 15.2. The number of thiazole rings is 1. The summed E-state index contributed by atoms with van der Waals surface area (Å²) >= 11 is 1.37. The molecule has 0 N–H and O–H groups in total. The van der Waals surface area contributed by atoms with Gasteiger partial charge in [-0.2, -0.15) is 4.99 Å². The third-order valence-electron chi connectivity index (χ3n) is 2.94. The van der Waals surface area contributed by atoms with Crippen molar-refractivity contribution in [2.45, 2.75) is 19.9 Å². The topological polar surface area (TPSA) is 60.7 Å². The number of methoxy groups -OCH3 is 1. The number of rotatable bonds is 4. The van der Waals surface area contributed by atoms with Gasteiger partial charge in [-0.25, -0.2) is 4.79 Å². The third kappa shape index (κ3) is 3.11. The average Bonchev–Trinajstić information content (AvgIpc) is 2.83. The van der Waals surface area contributed by atoms with E-state index in [4.69, 9.17) is 4.74 Å². The first-order valence-electron chi connectivity index (χ1n) is 6.50. The van der Waals surface area contributed by atoms with Crippen molar-refractivity contribution in [1.82, 2.24) is 4.57 Å². The molecule has 2 rings (SSSR count). The van der Waals surface area contributed by atoms with Gasteiger partial charge >= 0.3 is 5.97 Å². The maximum atomic E-state index is 11.6. The van der Waals surface area contributed by atoms with E-state index in [0.717, 1.165) is 10.2 Å². The Balaban J connectivity index is 2.66. The molecule has 1 aromatic heterocycles. The quantitative estimate of drug-likeness (QED) is 0.644. The number of hydrogen-bond donors (Lipinski definition) is 0. The number of allylic oxidation sites excluding steroid dienone is 1. The van der Waals surface area contributed by atoms with Crippen LogP contribution in [0.15, 0.2) is 35.8 Å². The van der Waals surface area contributed by atoms with E-state index in [1.54, 1.807) is 25.1 Å². The maximum absolute atomic E-state index is 11.6. The molecule has 2 aromatic rings. The predicted molar refractivity (Wildman–Crippen MR) is 82.2 cm³/mol. The predicted octanol–water partition coefficient (Wildman–Crippen LogP) is 2.51. The van der Waals surface area contributed by atoms with Crippen LogP contribution in [-0.2, 0) is 16.1 Å². The molecule has 0 aliphatic heterocycles. The number of carbonyl (C=O) groups is 2. The molecule has 0 radical (unpaired) electrons. The minimum atomic E-state index is -0.385. The Morgan fingerprint density at radius 3 is 2.86 bits per heavy atom. The van der Waals surface area contributed by atoms with Gasteiger partial charge in [-0.3, -0.25) is 4.79 Å². The molecule has 21 heavy (non-hydrogen) atoms. The molecule has 0 atom stereocenters. The fourth-order valence-electron chi connectivity index (χ4n) is 1.89. The summed E-state index contributed by atoms with van der Waals surface area (Å²) in [6.07, 6.45) is 2.10. The number of esters is 1. The minimum absolute atomic E-state index is 0.174. The molecule has 1 heterocycles. The molecule has 6 heteroatoms. The van der Waals surface area contributed by atoms with Crippen molar-refractivity contribution < 1.29 is 14.3 Å². The fourth-order valence-corrected chi connectivity index (χ4v) is 2.99. The highest BCUT2D eigenvalue weighted by Gasteiger charge is 2.11. The van der Waals surface area contributed by atoms with Crippen molar-refractivity contribution in [3.63, 3.8) is 0 Å². The van der Waals surface area contributed by atoms with E-state index in [2.05, 4.69) is 11.6 Å². The number of benzene rings is 1. The molecule has 1 amide bonds. The van der Waals surface area contributed by atoms with Gasteiger partial charge in [0.05, 0.1) is 22.9 Å². The summed E-state index contributed by atoms with van der Waals surface area (Å²) in [7, 11) is 1.35. The van der Waals surface area contributed by atoms with Gasteiger partial charge in [0.15, 0.2) is 4.80 Å². The monoisotopic (exact) mass is 304 g/mol. The molecule has 1 aromatic carbocycles. The van der Waals surface area contributed by atoms with Crippen LogP contribution in [0.5, 0.6) is 0 Å². The summed E-state index contributed by atoms with van der Waals surface area (Å²) in [5.74, 6) is -0.559. The first-order valence-corrected chi connectivity index (χ1v) is 7.32. The third-order valence-corrected chi connectivity index (χ3v) is 3.98. The summed E-state index contributed by atoms with van der Waals surface area (Å²) < 4.78 is 7.50. The number of nitrogens with zero attached hydrogens (tertiary/aromatic N) is 2. The molecule has 0 saturated heterocycles. The van der Waals surface area contributed by atoms with Crippen molar-refractivity contribution in [3.05, 3.63) is 41.2 Å². The Hall–Kier alpha value is -2.21. The van der Waals surface area contributed by atoms with E-state index < -0.39 is 0 Å². The highest BCUT2D eigenvalue weighted by molar-refractivity contribution is 7.16. The zero-order valence-corrected chi connectivity index (χ0v) is 12.8. The lowest BCUT2D eigenvalue weighted by Gasteiger charge is -2.02. The van der Waals surface area contributed by atoms with Crippen molar-refractivity contribution >= 4 is 33.4 Å². The van der Waals surface area contributed by atoms with E-state index in [9.17, 15) is 9.59 Å². The summed E-state index contributed by atoms with van der Waals surface area (Å²) in [6.45, 7) is 6.04. The van der Waals surface area contributed by atoms with E-state index >= 15 is 0 Å². The van der Waals surface area contributed by atoms with E-state index in [0.29, 0.717) is 23.3 Å². The number of fused-ring (bicyclic) bond motifs is 1. The fraction of sp³-hybridized carbons (Fsp3) is 0.267. The second kappa shape index (κ2) is 6.49. The zero-order chi connectivity index (χ0) is 15.4. The Morgan fingerprint density at radius 2 is 2.24 bits per heavy atom. The molecular formula is C15H16N2O3S. The Bertz CT molecular complexity index is 771. The lowest BCUT2D eigenvalue weighted by Crippen LogP contribution is -2.15. The van der Waals surface area contributed by atoms with E-state index in [1.165, 1.54) is 18.4 Å². The highest BCUT2D eigenvalue weighted by Crippen LogP contribution is 2.20. The van der Waals surface area contributed by atoms with Crippen LogP contribution < -0.4 is 4.80 Å². The van der Waals surface area contributed by atoms with E-state index in [-0.39, 0.29) is 11.9 Å². The molecule has 0 unspecified atom stereocenters. The van der Waals surface area contributed by atoms with Crippen LogP contribution in [0.4, 0.5) is 0 Å². The molecule has 0 bridgehead atoms. The van der Waals surface area contributed by atoms with Gasteiger partial charge in [-0.05, 0) is 18.2 Å². The molecule has 5 nitrogen and oxygen atoms in total. The van der Waals surface area contributed by atoms with Crippen molar-refractivity contribution in [2.75, 3.05) is 7.11 Å². The normalized spacial score (nSPS) is 11.6. The van der Waals surface area contributed by atoms with Crippen molar-refractivity contribution in [1.29, 1.82) is 0 Å². The van der Waals surface area contributed by atoms with Crippen LogP contribution in [0.2, 0.25) is 0 Å². The molecular weight excluding hydrogens is 288 g/mol. The maximum Gasteiger partial charge on any atom is 0.337 e. The number of ether oxygens (including phenoxy) is 1. The van der Waals surface area contributed by atoms with Crippen LogP contribution in [0.25, 0.3) is 10.2 Å². The largest absolute Gasteiger partial charge is 0.465 e. The lowest BCUT2D eigenvalue weighted by atomic mass is 10.2. The molecule has 0 aliphatic carbocycles. The van der Waals surface area contributed by atoms with Crippen LogP contribution in [0.1, 0.15) is 23.7 Å². The second-order valence-electron chi connectivity index (χ2n) is 4.32. The van der Waals surface area contributed by atoms with Gasteiger partial charge < -0.3 is 9.30 Å². The number of aromatic nitrogens is 1. The van der Waals surface area contributed by atoms with Gasteiger partial charge in [0.25, 0.3) is 0 Å². The van der Waals surface area contributed by atoms with Crippen LogP contribution >= 0.6 is 11.3 Å². The Kier molecular flexibility index (Phi) is 4.70.